The zero-order chi connectivity index (χ0) is 14.8. The Hall–Kier alpha value is -2.18. The van der Waals surface area contributed by atoms with Crippen LogP contribution in [-0.4, -0.2) is 14.7 Å². The number of primary amides is 1. The summed E-state index contributed by atoms with van der Waals surface area (Å²) in [6, 6.07) is 10.8. The van der Waals surface area contributed by atoms with Crippen molar-refractivity contribution in [1.29, 1.82) is 0 Å². The smallest absolute Gasteiger partial charge is 0.249 e. The van der Waals surface area contributed by atoms with Gasteiger partial charge in [0.25, 0.3) is 0 Å². The van der Waals surface area contributed by atoms with Crippen molar-refractivity contribution in [3.8, 4) is 0 Å². The summed E-state index contributed by atoms with van der Waals surface area (Å²) in [5, 5.41) is 3.78. The van der Waals surface area contributed by atoms with Crippen LogP contribution in [0.25, 0.3) is 11.0 Å². The van der Waals surface area contributed by atoms with Gasteiger partial charge in [-0.1, -0.05) is 29.8 Å². The van der Waals surface area contributed by atoms with Crippen LogP contribution in [0.15, 0.2) is 36.4 Å². The molecule has 1 heterocycles. The largest absolute Gasteiger partial charge is 0.378 e. The van der Waals surface area contributed by atoms with Crippen molar-refractivity contribution in [3.05, 3.63) is 52.5 Å². The molecule has 0 atom stereocenters. The molecule has 7 heteroatoms. The lowest BCUT2D eigenvalue weighted by atomic mass is 10.1. The van der Waals surface area contributed by atoms with Crippen molar-refractivity contribution in [2.45, 2.75) is 6.54 Å². The van der Waals surface area contributed by atoms with Crippen LogP contribution in [-0.2, 0) is 6.54 Å². The van der Waals surface area contributed by atoms with Crippen molar-refractivity contribution >= 4 is 46.0 Å². The van der Waals surface area contributed by atoms with Crippen LogP contribution in [0.3, 0.4) is 0 Å². The quantitative estimate of drug-likeness (QED) is 0.774. The molecule has 1 amide bonds. The topological polar surface area (TPSA) is 80.9 Å². The van der Waals surface area contributed by atoms with Crippen molar-refractivity contribution < 1.29 is 4.79 Å². The average molecular weight is 319 g/mol. The Bertz CT molecular complexity index is 818. The first-order chi connectivity index (χ1) is 10.2. The Balaban J connectivity index is 1.92. The van der Waals surface area contributed by atoms with E-state index in [2.05, 4.69) is 14.1 Å². The van der Waals surface area contributed by atoms with Crippen molar-refractivity contribution in [3.63, 3.8) is 0 Å². The zero-order valence-electron chi connectivity index (χ0n) is 10.8. The van der Waals surface area contributed by atoms with E-state index in [-0.39, 0.29) is 0 Å². The molecular formula is C14H11ClN4OS. The van der Waals surface area contributed by atoms with E-state index in [4.69, 9.17) is 17.3 Å². The van der Waals surface area contributed by atoms with Gasteiger partial charge in [0.1, 0.15) is 11.0 Å². The maximum atomic E-state index is 11.4. The van der Waals surface area contributed by atoms with Crippen LogP contribution in [0.2, 0.25) is 5.02 Å². The maximum absolute atomic E-state index is 11.4. The standard InChI is InChI=1S/C14H11ClN4OS/c15-10-5-6-11-13(19-21-18-11)12(10)17-7-8-3-1-2-4-9(8)14(16)20/h1-6,17H,7H2,(H2,16,20). The number of benzene rings is 2. The first-order valence-corrected chi connectivity index (χ1v) is 7.30. The Morgan fingerprint density at radius 2 is 2.05 bits per heavy atom. The number of carbonyl (C=O) groups is 1. The number of halogens is 1. The molecule has 5 nitrogen and oxygen atoms in total. The van der Waals surface area contributed by atoms with Crippen LogP contribution in [0.4, 0.5) is 5.69 Å². The summed E-state index contributed by atoms with van der Waals surface area (Å²) in [7, 11) is 0. The summed E-state index contributed by atoms with van der Waals surface area (Å²) < 4.78 is 8.42. The lowest BCUT2D eigenvalue weighted by Crippen LogP contribution is -2.15. The Morgan fingerprint density at radius 3 is 2.86 bits per heavy atom. The first kappa shape index (κ1) is 13.8. The highest BCUT2D eigenvalue weighted by Gasteiger charge is 2.11. The van der Waals surface area contributed by atoms with Gasteiger partial charge in [-0.3, -0.25) is 4.79 Å². The van der Waals surface area contributed by atoms with E-state index in [1.54, 1.807) is 18.2 Å². The number of nitrogens with zero attached hydrogens (tertiary/aromatic N) is 2. The van der Waals surface area contributed by atoms with Crippen molar-refractivity contribution in [1.82, 2.24) is 8.75 Å². The highest BCUT2D eigenvalue weighted by molar-refractivity contribution is 7.00. The van der Waals surface area contributed by atoms with E-state index in [9.17, 15) is 4.79 Å². The van der Waals surface area contributed by atoms with E-state index in [1.165, 1.54) is 0 Å². The molecular weight excluding hydrogens is 308 g/mol. The van der Waals surface area contributed by atoms with Gasteiger partial charge in [0, 0.05) is 12.1 Å². The number of carbonyl (C=O) groups excluding carboxylic acids is 1. The predicted octanol–water partition coefficient (Wildman–Crippen LogP) is 3.06. The van der Waals surface area contributed by atoms with Crippen LogP contribution in [0.5, 0.6) is 0 Å². The molecule has 3 N–H and O–H groups in total. The van der Waals surface area contributed by atoms with E-state index in [1.807, 2.05) is 18.2 Å². The molecule has 0 aliphatic heterocycles. The SMILES string of the molecule is NC(=O)c1ccccc1CNc1c(Cl)ccc2nsnc12. The number of hydrogen-bond acceptors (Lipinski definition) is 5. The minimum absolute atomic E-state index is 0.426. The minimum atomic E-state index is -0.452. The molecule has 0 aliphatic rings. The van der Waals surface area contributed by atoms with Crippen molar-refractivity contribution in [2.75, 3.05) is 5.32 Å². The molecule has 3 aromatic rings. The van der Waals surface area contributed by atoms with Gasteiger partial charge in [-0.2, -0.15) is 8.75 Å². The van der Waals surface area contributed by atoms with Crippen LogP contribution in [0.1, 0.15) is 15.9 Å². The monoisotopic (exact) mass is 318 g/mol. The Morgan fingerprint density at radius 1 is 1.24 bits per heavy atom. The summed E-state index contributed by atoms with van der Waals surface area (Å²) in [5.41, 5.74) is 8.89. The Labute approximate surface area is 130 Å². The second-order valence-electron chi connectivity index (χ2n) is 4.43. The maximum Gasteiger partial charge on any atom is 0.249 e. The second kappa shape index (κ2) is 5.67. The lowest BCUT2D eigenvalue weighted by Gasteiger charge is -2.11. The summed E-state index contributed by atoms with van der Waals surface area (Å²) in [6.07, 6.45) is 0. The third-order valence-corrected chi connectivity index (χ3v) is 3.97. The van der Waals surface area contributed by atoms with Gasteiger partial charge in [-0.25, -0.2) is 0 Å². The van der Waals surface area contributed by atoms with Gasteiger partial charge >= 0.3 is 0 Å². The predicted molar refractivity (Wildman–Crippen MR) is 84.7 cm³/mol. The average Bonchev–Trinajstić information content (AvgIpc) is 2.95. The van der Waals surface area contributed by atoms with E-state index in [0.29, 0.717) is 22.8 Å². The zero-order valence-corrected chi connectivity index (χ0v) is 12.4. The highest BCUT2D eigenvalue weighted by Crippen LogP contribution is 2.30. The molecule has 2 aromatic carbocycles. The Kier molecular flexibility index (Phi) is 3.72. The number of nitrogens with two attached hydrogens (primary N) is 1. The molecule has 1 aromatic heterocycles. The molecule has 3 rings (SSSR count). The number of amides is 1. The molecule has 0 unspecified atom stereocenters. The fraction of sp³-hybridized carbons (Fsp3) is 0.0714. The van der Waals surface area contributed by atoms with Gasteiger partial charge in [0.15, 0.2) is 0 Å². The fourth-order valence-corrected chi connectivity index (χ4v) is 2.86. The van der Waals surface area contributed by atoms with E-state index >= 15 is 0 Å². The summed E-state index contributed by atoms with van der Waals surface area (Å²) in [6.45, 7) is 0.426. The highest BCUT2D eigenvalue weighted by atomic mass is 35.5. The number of nitrogens with one attached hydrogen (secondary N) is 1. The summed E-state index contributed by atoms with van der Waals surface area (Å²) >= 11 is 7.34. The normalized spacial score (nSPS) is 10.7. The van der Waals surface area contributed by atoms with Gasteiger partial charge < -0.3 is 11.1 Å². The van der Waals surface area contributed by atoms with Gasteiger partial charge in [-0.05, 0) is 23.8 Å². The summed E-state index contributed by atoms with van der Waals surface area (Å²) in [4.78, 5) is 11.4. The first-order valence-electron chi connectivity index (χ1n) is 6.19. The molecule has 0 fully saturated rings. The van der Waals surface area contributed by atoms with Crippen LogP contribution < -0.4 is 11.1 Å². The fourth-order valence-electron chi connectivity index (χ4n) is 2.09. The van der Waals surface area contributed by atoms with Crippen molar-refractivity contribution in [2.24, 2.45) is 5.73 Å². The molecule has 0 saturated carbocycles. The van der Waals surface area contributed by atoms with Gasteiger partial charge in [-0.15, -0.1) is 0 Å². The third kappa shape index (κ3) is 2.68. The number of anilines is 1. The molecule has 0 spiro atoms. The molecule has 106 valence electrons. The lowest BCUT2D eigenvalue weighted by molar-refractivity contribution is 0.0999. The molecule has 0 radical (unpaired) electrons. The number of hydrogen-bond donors (Lipinski definition) is 2. The molecule has 0 aliphatic carbocycles. The molecule has 0 bridgehead atoms. The summed E-state index contributed by atoms with van der Waals surface area (Å²) in [5.74, 6) is -0.452. The number of aromatic nitrogens is 2. The number of rotatable bonds is 4. The third-order valence-electron chi connectivity index (χ3n) is 3.12. The van der Waals surface area contributed by atoms with E-state index < -0.39 is 5.91 Å². The van der Waals surface area contributed by atoms with Crippen LogP contribution in [0, 0.1) is 0 Å². The van der Waals surface area contributed by atoms with Crippen LogP contribution >= 0.6 is 23.3 Å². The number of fused-ring (bicyclic) bond motifs is 1. The minimum Gasteiger partial charge on any atom is -0.378 e. The van der Waals surface area contributed by atoms with E-state index in [0.717, 1.165) is 28.3 Å². The van der Waals surface area contributed by atoms with Gasteiger partial charge in [0.2, 0.25) is 5.91 Å². The second-order valence-corrected chi connectivity index (χ2v) is 5.36. The van der Waals surface area contributed by atoms with Gasteiger partial charge in [0.05, 0.1) is 22.4 Å². The molecule has 0 saturated heterocycles. The molecule has 21 heavy (non-hydrogen) atoms.